The number of hydrogen-bond donors (Lipinski definition) is 1. The zero-order chi connectivity index (χ0) is 11.0. The van der Waals surface area contributed by atoms with Crippen molar-refractivity contribution in [1.82, 2.24) is 14.6 Å². The smallest absolute Gasteiger partial charge is 0.154 e. The Hall–Kier alpha value is -1.62. The van der Waals surface area contributed by atoms with Crippen molar-refractivity contribution >= 4 is 11.3 Å². The summed E-state index contributed by atoms with van der Waals surface area (Å²) < 4.78 is 1.86. The van der Waals surface area contributed by atoms with E-state index in [9.17, 15) is 0 Å². The van der Waals surface area contributed by atoms with Crippen molar-refractivity contribution in [3.05, 3.63) is 24.7 Å². The quantitative estimate of drug-likeness (QED) is 0.762. The molecule has 0 atom stereocenters. The molecule has 0 amide bonds. The molecular weight excluding hydrogens is 202 g/mol. The summed E-state index contributed by atoms with van der Waals surface area (Å²) >= 11 is 0. The number of piperidine rings is 1. The van der Waals surface area contributed by atoms with Crippen molar-refractivity contribution in [2.75, 3.05) is 18.0 Å². The molecule has 0 aliphatic carbocycles. The fourth-order valence-electron chi connectivity index (χ4n) is 2.20. The minimum Gasteiger partial charge on any atom is -0.355 e. The molecule has 3 heterocycles. The highest BCUT2D eigenvalue weighted by Gasteiger charge is 2.19. The Bertz CT molecular complexity index is 484. The van der Waals surface area contributed by atoms with Crippen LogP contribution in [-0.4, -0.2) is 33.7 Å². The Morgan fingerprint density at radius 2 is 2.06 bits per heavy atom. The zero-order valence-corrected chi connectivity index (χ0v) is 9.08. The van der Waals surface area contributed by atoms with Crippen LogP contribution >= 0.6 is 0 Å². The van der Waals surface area contributed by atoms with Gasteiger partial charge in [0, 0.05) is 31.5 Å². The molecule has 5 heteroatoms. The summed E-state index contributed by atoms with van der Waals surface area (Å²) in [6.07, 6.45) is 7.54. The van der Waals surface area contributed by atoms with E-state index in [1.807, 2.05) is 16.8 Å². The van der Waals surface area contributed by atoms with Crippen molar-refractivity contribution in [1.29, 1.82) is 0 Å². The minimum atomic E-state index is 0.348. The summed E-state index contributed by atoms with van der Waals surface area (Å²) in [5, 5.41) is 4.21. The average molecular weight is 217 g/mol. The SMILES string of the molecule is NC1CCN(c2nccn3nccc23)CC1. The third-order valence-electron chi connectivity index (χ3n) is 3.14. The molecule has 0 unspecified atom stereocenters. The van der Waals surface area contributed by atoms with Crippen molar-refractivity contribution in [2.24, 2.45) is 5.73 Å². The fraction of sp³-hybridized carbons (Fsp3) is 0.455. The molecule has 0 radical (unpaired) electrons. The fourth-order valence-corrected chi connectivity index (χ4v) is 2.20. The summed E-state index contributed by atoms with van der Waals surface area (Å²) in [6, 6.07) is 2.34. The van der Waals surface area contributed by atoms with Gasteiger partial charge in [0.05, 0.1) is 6.20 Å². The van der Waals surface area contributed by atoms with Gasteiger partial charge in [-0.05, 0) is 18.9 Å². The monoisotopic (exact) mass is 217 g/mol. The summed E-state index contributed by atoms with van der Waals surface area (Å²) in [5.41, 5.74) is 6.97. The number of anilines is 1. The van der Waals surface area contributed by atoms with Crippen molar-refractivity contribution < 1.29 is 0 Å². The molecule has 5 nitrogen and oxygen atoms in total. The minimum absolute atomic E-state index is 0.348. The van der Waals surface area contributed by atoms with Gasteiger partial charge < -0.3 is 10.6 Å². The number of nitrogens with two attached hydrogens (primary N) is 1. The largest absolute Gasteiger partial charge is 0.355 e. The number of aromatic nitrogens is 3. The lowest BCUT2D eigenvalue weighted by Crippen LogP contribution is -2.40. The maximum atomic E-state index is 5.90. The third kappa shape index (κ3) is 1.53. The van der Waals surface area contributed by atoms with E-state index >= 15 is 0 Å². The maximum absolute atomic E-state index is 5.90. The lowest BCUT2D eigenvalue weighted by Gasteiger charge is -2.31. The van der Waals surface area contributed by atoms with Gasteiger partial charge in [-0.1, -0.05) is 0 Å². The van der Waals surface area contributed by atoms with Crippen LogP contribution in [0.15, 0.2) is 24.7 Å². The van der Waals surface area contributed by atoms with Gasteiger partial charge in [-0.15, -0.1) is 0 Å². The van der Waals surface area contributed by atoms with Gasteiger partial charge in [-0.3, -0.25) is 0 Å². The number of rotatable bonds is 1. The Morgan fingerprint density at radius 3 is 2.88 bits per heavy atom. The van der Waals surface area contributed by atoms with Crippen LogP contribution in [0.25, 0.3) is 5.52 Å². The summed E-state index contributed by atoms with van der Waals surface area (Å²) in [7, 11) is 0. The van der Waals surface area contributed by atoms with E-state index in [0.29, 0.717) is 6.04 Å². The Balaban J connectivity index is 1.96. The average Bonchev–Trinajstić information content (AvgIpc) is 2.78. The first-order chi connectivity index (χ1) is 7.84. The number of nitrogens with zero attached hydrogens (tertiary/aromatic N) is 4. The predicted molar refractivity (Wildman–Crippen MR) is 62.4 cm³/mol. The topological polar surface area (TPSA) is 59.5 Å². The first-order valence-corrected chi connectivity index (χ1v) is 5.63. The Morgan fingerprint density at radius 1 is 1.25 bits per heavy atom. The molecule has 84 valence electrons. The van der Waals surface area contributed by atoms with Gasteiger partial charge in [-0.2, -0.15) is 5.10 Å². The van der Waals surface area contributed by atoms with Gasteiger partial charge in [0.15, 0.2) is 5.82 Å². The van der Waals surface area contributed by atoms with Crippen molar-refractivity contribution in [3.63, 3.8) is 0 Å². The molecule has 0 aromatic carbocycles. The molecule has 16 heavy (non-hydrogen) atoms. The first-order valence-electron chi connectivity index (χ1n) is 5.63. The molecule has 1 aliphatic rings. The predicted octanol–water partition coefficient (Wildman–Crippen LogP) is 0.657. The Labute approximate surface area is 93.9 Å². The molecule has 1 fully saturated rings. The van der Waals surface area contributed by atoms with Gasteiger partial charge in [0.1, 0.15) is 5.52 Å². The lowest BCUT2D eigenvalue weighted by atomic mass is 10.1. The van der Waals surface area contributed by atoms with Gasteiger partial charge in [0.25, 0.3) is 0 Å². The van der Waals surface area contributed by atoms with Crippen LogP contribution in [-0.2, 0) is 0 Å². The number of hydrogen-bond acceptors (Lipinski definition) is 4. The first kappa shape index (κ1) is 9.59. The molecule has 2 N–H and O–H groups in total. The lowest BCUT2D eigenvalue weighted by molar-refractivity contribution is 0.499. The van der Waals surface area contributed by atoms with Gasteiger partial charge in [0.2, 0.25) is 0 Å². The highest BCUT2D eigenvalue weighted by atomic mass is 15.3. The Kier molecular flexibility index (Phi) is 2.25. The van der Waals surface area contributed by atoms with E-state index in [1.54, 1.807) is 12.4 Å². The van der Waals surface area contributed by atoms with Crippen molar-refractivity contribution in [2.45, 2.75) is 18.9 Å². The second-order valence-corrected chi connectivity index (χ2v) is 4.24. The standard InChI is InChI=1S/C11H15N5/c12-9-2-6-15(7-3-9)11-10-1-4-14-16(10)8-5-13-11/h1,4-5,8-9H,2-3,6-7,12H2. The number of fused-ring (bicyclic) bond motifs is 1. The van der Waals surface area contributed by atoms with Crippen LogP contribution in [0.5, 0.6) is 0 Å². The summed E-state index contributed by atoms with van der Waals surface area (Å²) in [5.74, 6) is 1.02. The summed E-state index contributed by atoms with van der Waals surface area (Å²) in [4.78, 5) is 6.74. The molecule has 2 aromatic rings. The molecule has 3 rings (SSSR count). The highest BCUT2D eigenvalue weighted by molar-refractivity contribution is 5.68. The zero-order valence-electron chi connectivity index (χ0n) is 9.08. The third-order valence-corrected chi connectivity index (χ3v) is 3.14. The van der Waals surface area contributed by atoms with E-state index in [4.69, 9.17) is 5.73 Å². The van der Waals surface area contributed by atoms with Crippen LogP contribution in [0.3, 0.4) is 0 Å². The van der Waals surface area contributed by atoms with Gasteiger partial charge in [-0.25, -0.2) is 9.50 Å². The second-order valence-electron chi connectivity index (χ2n) is 4.24. The normalized spacial score (nSPS) is 18.2. The highest BCUT2D eigenvalue weighted by Crippen LogP contribution is 2.21. The summed E-state index contributed by atoms with van der Waals surface area (Å²) in [6.45, 7) is 1.97. The van der Waals surface area contributed by atoms with E-state index < -0.39 is 0 Å². The van der Waals surface area contributed by atoms with Crippen LogP contribution < -0.4 is 10.6 Å². The van der Waals surface area contributed by atoms with E-state index in [0.717, 1.165) is 37.3 Å². The van der Waals surface area contributed by atoms with Crippen LogP contribution in [0, 0.1) is 0 Å². The van der Waals surface area contributed by atoms with Crippen LogP contribution in [0.2, 0.25) is 0 Å². The van der Waals surface area contributed by atoms with Crippen LogP contribution in [0.4, 0.5) is 5.82 Å². The molecule has 0 bridgehead atoms. The maximum Gasteiger partial charge on any atom is 0.154 e. The van der Waals surface area contributed by atoms with E-state index in [1.165, 1.54) is 0 Å². The molecule has 1 aliphatic heterocycles. The van der Waals surface area contributed by atoms with Crippen molar-refractivity contribution in [3.8, 4) is 0 Å². The molecular formula is C11H15N5. The molecule has 0 spiro atoms. The van der Waals surface area contributed by atoms with Gasteiger partial charge >= 0.3 is 0 Å². The molecule has 1 saturated heterocycles. The van der Waals surface area contributed by atoms with E-state index in [-0.39, 0.29) is 0 Å². The van der Waals surface area contributed by atoms with Crippen LogP contribution in [0.1, 0.15) is 12.8 Å². The van der Waals surface area contributed by atoms with E-state index in [2.05, 4.69) is 15.0 Å². The molecule has 0 saturated carbocycles. The second kappa shape index (κ2) is 3.75. The molecule has 2 aromatic heterocycles.